The fraction of sp³-hybridized carbons (Fsp3) is 0.0667. The van der Waals surface area contributed by atoms with Crippen molar-refractivity contribution in [3.8, 4) is 0 Å². The van der Waals surface area contributed by atoms with E-state index in [0.717, 1.165) is 12.1 Å². The Hall–Kier alpha value is -2.63. The number of carbonyl (C=O) groups is 1. The van der Waals surface area contributed by atoms with Gasteiger partial charge < -0.3 is 5.73 Å². The van der Waals surface area contributed by atoms with E-state index in [9.17, 15) is 18.0 Å². The van der Waals surface area contributed by atoms with Crippen LogP contribution < -0.4 is 5.73 Å². The smallest absolute Gasteiger partial charge is 0.364 e. The molecule has 0 fully saturated rings. The molecule has 0 spiro atoms. The molecule has 1 heterocycles. The molecule has 1 aromatic heterocycles. The molecule has 1 amide bonds. The summed E-state index contributed by atoms with van der Waals surface area (Å²) >= 11 is 0. The molecule has 6 heteroatoms. The van der Waals surface area contributed by atoms with E-state index in [1.165, 1.54) is 18.2 Å². The molecule has 2 N–H and O–H groups in total. The van der Waals surface area contributed by atoms with Crippen molar-refractivity contribution in [3.05, 3.63) is 65.0 Å². The summed E-state index contributed by atoms with van der Waals surface area (Å²) in [5.74, 6) is -0.639. The van der Waals surface area contributed by atoms with Gasteiger partial charge in [-0.3, -0.25) is 4.79 Å². The minimum atomic E-state index is -4.35. The van der Waals surface area contributed by atoms with Crippen LogP contribution in [0.5, 0.6) is 0 Å². The lowest BCUT2D eigenvalue weighted by atomic mass is 10.1. The number of nitrogens with two attached hydrogens (primary N) is 1. The molecule has 0 aliphatic heterocycles. The second-order valence-corrected chi connectivity index (χ2v) is 4.27. The highest BCUT2D eigenvalue weighted by Gasteiger charge is 2.29. The molecule has 0 saturated heterocycles. The van der Waals surface area contributed by atoms with E-state index in [1.807, 2.05) is 0 Å². The van der Waals surface area contributed by atoms with Gasteiger partial charge in [0.2, 0.25) is 0 Å². The number of amides is 1. The lowest BCUT2D eigenvalue weighted by molar-refractivity contribution is -0.137. The summed E-state index contributed by atoms with van der Waals surface area (Å²) < 4.78 is 37.3. The zero-order valence-corrected chi connectivity index (χ0v) is 10.8. The monoisotopic (exact) mass is 292 g/mol. The second kappa shape index (κ2) is 5.78. The van der Waals surface area contributed by atoms with Crippen LogP contribution in [0.3, 0.4) is 0 Å². The number of pyridine rings is 1. The normalized spacial score (nSPS) is 11.8. The Morgan fingerprint density at radius 3 is 2.29 bits per heavy atom. The second-order valence-electron chi connectivity index (χ2n) is 4.27. The van der Waals surface area contributed by atoms with E-state index >= 15 is 0 Å². The molecule has 2 rings (SSSR count). The standard InChI is InChI=1S/C15H11F3N2O/c16-15(17,18)11-7-4-10(5-8-11)6-9-12-2-1-3-13(20-12)14(19)21/h1-9H,(H2,19,21)/b9-6+. The first-order chi connectivity index (χ1) is 9.86. The molecule has 0 aliphatic rings. The summed E-state index contributed by atoms with van der Waals surface area (Å²) in [4.78, 5) is 15.0. The van der Waals surface area contributed by atoms with Gasteiger partial charge in [-0.15, -0.1) is 0 Å². The Kier molecular flexibility index (Phi) is 4.07. The first-order valence-electron chi connectivity index (χ1n) is 5.98. The summed E-state index contributed by atoms with van der Waals surface area (Å²) in [5, 5.41) is 0. The van der Waals surface area contributed by atoms with Crippen molar-refractivity contribution >= 4 is 18.1 Å². The summed E-state index contributed by atoms with van der Waals surface area (Å²) in [6.45, 7) is 0. The third-order valence-electron chi connectivity index (χ3n) is 2.71. The number of hydrogen-bond donors (Lipinski definition) is 1. The highest BCUT2D eigenvalue weighted by atomic mass is 19.4. The average molecular weight is 292 g/mol. The van der Waals surface area contributed by atoms with E-state index in [0.29, 0.717) is 11.3 Å². The van der Waals surface area contributed by atoms with Crippen LogP contribution in [0.4, 0.5) is 13.2 Å². The van der Waals surface area contributed by atoms with Crippen LogP contribution in [0.15, 0.2) is 42.5 Å². The minimum Gasteiger partial charge on any atom is -0.364 e. The highest BCUT2D eigenvalue weighted by molar-refractivity contribution is 5.91. The molecule has 0 saturated carbocycles. The number of primary amides is 1. The summed E-state index contributed by atoms with van der Waals surface area (Å²) in [6, 6.07) is 9.50. The number of aromatic nitrogens is 1. The van der Waals surface area contributed by atoms with Crippen molar-refractivity contribution < 1.29 is 18.0 Å². The van der Waals surface area contributed by atoms with Crippen molar-refractivity contribution in [3.63, 3.8) is 0 Å². The molecule has 1 aromatic carbocycles. The Morgan fingerprint density at radius 2 is 1.71 bits per heavy atom. The van der Waals surface area contributed by atoms with Crippen molar-refractivity contribution in [2.45, 2.75) is 6.18 Å². The number of hydrogen-bond acceptors (Lipinski definition) is 2. The van der Waals surface area contributed by atoms with Crippen LogP contribution in [-0.2, 0) is 6.18 Å². The molecule has 0 bridgehead atoms. The van der Waals surface area contributed by atoms with Crippen LogP contribution in [0, 0.1) is 0 Å². The van der Waals surface area contributed by atoms with Gasteiger partial charge in [0.05, 0.1) is 11.3 Å². The lowest BCUT2D eigenvalue weighted by Gasteiger charge is -2.05. The van der Waals surface area contributed by atoms with Crippen molar-refractivity contribution in [2.24, 2.45) is 5.73 Å². The number of nitrogens with zero attached hydrogens (tertiary/aromatic N) is 1. The number of benzene rings is 1. The Morgan fingerprint density at radius 1 is 1.05 bits per heavy atom. The van der Waals surface area contributed by atoms with Gasteiger partial charge in [-0.1, -0.05) is 24.3 Å². The van der Waals surface area contributed by atoms with Crippen molar-refractivity contribution in [2.75, 3.05) is 0 Å². The Labute approximate surface area is 118 Å². The third-order valence-corrected chi connectivity index (χ3v) is 2.71. The molecule has 3 nitrogen and oxygen atoms in total. The molecule has 21 heavy (non-hydrogen) atoms. The molecule has 0 unspecified atom stereocenters. The zero-order valence-electron chi connectivity index (χ0n) is 10.8. The fourth-order valence-electron chi connectivity index (χ4n) is 1.65. The first kappa shape index (κ1) is 14.8. The lowest BCUT2D eigenvalue weighted by Crippen LogP contribution is -2.13. The van der Waals surface area contributed by atoms with E-state index in [4.69, 9.17) is 5.73 Å². The van der Waals surface area contributed by atoms with Crippen LogP contribution >= 0.6 is 0 Å². The molecular formula is C15H11F3N2O. The minimum absolute atomic E-state index is 0.129. The number of alkyl halides is 3. The first-order valence-corrected chi connectivity index (χ1v) is 5.98. The van der Waals surface area contributed by atoms with E-state index in [2.05, 4.69) is 4.98 Å². The van der Waals surface area contributed by atoms with Gasteiger partial charge in [0.1, 0.15) is 5.69 Å². The van der Waals surface area contributed by atoms with Crippen LogP contribution in [-0.4, -0.2) is 10.9 Å². The topological polar surface area (TPSA) is 56.0 Å². The van der Waals surface area contributed by atoms with E-state index in [1.54, 1.807) is 24.3 Å². The quantitative estimate of drug-likeness (QED) is 0.943. The summed E-state index contributed by atoms with van der Waals surface area (Å²) in [5.41, 5.74) is 5.63. The summed E-state index contributed by atoms with van der Waals surface area (Å²) in [7, 11) is 0. The number of rotatable bonds is 3. The maximum absolute atomic E-state index is 12.4. The molecule has 2 aromatic rings. The highest BCUT2D eigenvalue weighted by Crippen LogP contribution is 2.29. The van der Waals surface area contributed by atoms with Crippen LogP contribution in [0.25, 0.3) is 12.2 Å². The average Bonchev–Trinajstić information content (AvgIpc) is 2.45. The fourth-order valence-corrected chi connectivity index (χ4v) is 1.65. The van der Waals surface area contributed by atoms with Gasteiger partial charge in [0.15, 0.2) is 0 Å². The molecule has 0 atom stereocenters. The maximum atomic E-state index is 12.4. The van der Waals surface area contributed by atoms with E-state index < -0.39 is 17.6 Å². The molecule has 0 radical (unpaired) electrons. The predicted molar refractivity (Wildman–Crippen MR) is 73.1 cm³/mol. The zero-order chi connectivity index (χ0) is 15.5. The van der Waals surface area contributed by atoms with Crippen molar-refractivity contribution in [1.29, 1.82) is 0 Å². The number of carbonyl (C=O) groups excluding carboxylic acids is 1. The van der Waals surface area contributed by atoms with Crippen molar-refractivity contribution in [1.82, 2.24) is 4.98 Å². The van der Waals surface area contributed by atoms with Gasteiger partial charge in [-0.25, -0.2) is 4.98 Å². The van der Waals surface area contributed by atoms with E-state index in [-0.39, 0.29) is 5.69 Å². The Bertz CT molecular complexity index is 676. The Balaban J connectivity index is 2.18. The summed E-state index contributed by atoms with van der Waals surface area (Å²) in [6.07, 6.45) is -1.15. The molecule has 0 aliphatic carbocycles. The molecular weight excluding hydrogens is 281 g/mol. The predicted octanol–water partition coefficient (Wildman–Crippen LogP) is 3.37. The maximum Gasteiger partial charge on any atom is 0.416 e. The van der Waals surface area contributed by atoms with Gasteiger partial charge in [-0.05, 0) is 35.9 Å². The third kappa shape index (κ3) is 3.92. The largest absolute Gasteiger partial charge is 0.416 e. The van der Waals surface area contributed by atoms with Crippen LogP contribution in [0.2, 0.25) is 0 Å². The van der Waals surface area contributed by atoms with Gasteiger partial charge in [0.25, 0.3) is 5.91 Å². The SMILES string of the molecule is NC(=O)c1cccc(/C=C/c2ccc(C(F)(F)F)cc2)n1. The van der Waals surface area contributed by atoms with Crippen LogP contribution in [0.1, 0.15) is 27.3 Å². The van der Waals surface area contributed by atoms with Gasteiger partial charge >= 0.3 is 6.18 Å². The van der Waals surface area contributed by atoms with Gasteiger partial charge in [-0.2, -0.15) is 13.2 Å². The number of halogens is 3. The molecule has 108 valence electrons. The van der Waals surface area contributed by atoms with Gasteiger partial charge in [0, 0.05) is 0 Å².